The molecule has 1 aromatic heterocycles. The number of hydrogen-bond donors (Lipinski definition) is 1. The molecule has 0 spiro atoms. The summed E-state index contributed by atoms with van der Waals surface area (Å²) in [6.45, 7) is 0.415. The molecule has 17 heavy (non-hydrogen) atoms. The number of halogens is 2. The molecule has 0 saturated heterocycles. The van der Waals surface area contributed by atoms with Crippen LogP contribution in [0.5, 0.6) is 0 Å². The molecule has 0 radical (unpaired) electrons. The van der Waals surface area contributed by atoms with E-state index in [1.54, 1.807) is 6.07 Å². The molecule has 1 aromatic carbocycles. The topological polar surface area (TPSA) is 30.9 Å². The first kappa shape index (κ1) is 12.3. The van der Waals surface area contributed by atoms with Crippen molar-refractivity contribution in [2.75, 3.05) is 0 Å². The van der Waals surface area contributed by atoms with Crippen molar-refractivity contribution in [1.82, 2.24) is 4.57 Å². The van der Waals surface area contributed by atoms with Crippen molar-refractivity contribution < 1.29 is 4.39 Å². The Kier molecular flexibility index (Phi) is 3.59. The highest BCUT2D eigenvalue weighted by Crippen LogP contribution is 2.17. The maximum absolute atomic E-state index is 13.7. The van der Waals surface area contributed by atoms with Gasteiger partial charge < -0.3 is 10.3 Å². The van der Waals surface area contributed by atoms with Crippen molar-refractivity contribution in [1.29, 1.82) is 0 Å². The molecule has 0 aliphatic carbocycles. The Labute approximate surface area is 112 Å². The average molecular weight is 313 g/mol. The summed E-state index contributed by atoms with van der Waals surface area (Å²) < 4.78 is 16.2. The minimum atomic E-state index is -0.248. The Balaban J connectivity index is 2.31. The lowest BCUT2D eigenvalue weighted by Crippen LogP contribution is -2.16. The van der Waals surface area contributed by atoms with Gasteiger partial charge in [-0.3, -0.25) is 0 Å². The third kappa shape index (κ3) is 2.73. The Morgan fingerprint density at radius 2 is 2.18 bits per heavy atom. The molecule has 2 nitrogen and oxygen atoms in total. The zero-order valence-corrected chi connectivity index (χ0v) is 11.3. The molecule has 0 bridgehead atoms. The molecule has 5 heteroatoms. The van der Waals surface area contributed by atoms with Crippen molar-refractivity contribution in [3.05, 3.63) is 58.1 Å². The molecular weight excluding hydrogens is 303 g/mol. The highest BCUT2D eigenvalue weighted by atomic mass is 79.9. The highest BCUT2D eigenvalue weighted by Gasteiger charge is 2.07. The molecule has 88 valence electrons. The summed E-state index contributed by atoms with van der Waals surface area (Å²) in [6.07, 6.45) is 1.83. The van der Waals surface area contributed by atoms with Crippen LogP contribution in [0.2, 0.25) is 0 Å². The molecule has 0 fully saturated rings. The van der Waals surface area contributed by atoms with Crippen LogP contribution < -0.4 is 5.73 Å². The van der Waals surface area contributed by atoms with Gasteiger partial charge in [-0.05, 0) is 24.3 Å². The second-order valence-electron chi connectivity index (χ2n) is 3.62. The average Bonchev–Trinajstić information content (AvgIpc) is 2.70. The molecular formula is C12H10BrFN2S. The maximum Gasteiger partial charge on any atom is 0.129 e. The van der Waals surface area contributed by atoms with E-state index in [0.717, 1.165) is 10.2 Å². The van der Waals surface area contributed by atoms with Gasteiger partial charge in [0.1, 0.15) is 10.8 Å². The fraction of sp³-hybridized carbons (Fsp3) is 0.0833. The maximum atomic E-state index is 13.7. The molecule has 0 aliphatic heterocycles. The van der Waals surface area contributed by atoms with Crippen LogP contribution in [0.25, 0.3) is 0 Å². The van der Waals surface area contributed by atoms with E-state index in [9.17, 15) is 4.39 Å². The smallest absolute Gasteiger partial charge is 0.129 e. The Bertz CT molecular complexity index is 565. The van der Waals surface area contributed by atoms with Gasteiger partial charge in [0.15, 0.2) is 0 Å². The van der Waals surface area contributed by atoms with Gasteiger partial charge in [-0.25, -0.2) is 4.39 Å². The standard InChI is InChI=1S/C12H10BrFN2S/c13-9-4-3-8(10(14)6-9)7-16-5-1-2-11(16)12(15)17/h1-6H,7H2,(H2,15,17). The van der Waals surface area contributed by atoms with Gasteiger partial charge in [0.2, 0.25) is 0 Å². The number of hydrogen-bond acceptors (Lipinski definition) is 1. The first-order valence-electron chi connectivity index (χ1n) is 4.97. The van der Waals surface area contributed by atoms with Crippen LogP contribution in [0, 0.1) is 5.82 Å². The van der Waals surface area contributed by atoms with E-state index in [1.807, 2.05) is 29.0 Å². The second-order valence-corrected chi connectivity index (χ2v) is 4.98. The van der Waals surface area contributed by atoms with Gasteiger partial charge in [-0.15, -0.1) is 0 Å². The van der Waals surface area contributed by atoms with Gasteiger partial charge in [0.05, 0.1) is 12.2 Å². The predicted molar refractivity (Wildman–Crippen MR) is 73.5 cm³/mol. The molecule has 0 atom stereocenters. The monoisotopic (exact) mass is 312 g/mol. The zero-order valence-electron chi connectivity index (χ0n) is 8.86. The third-order valence-electron chi connectivity index (χ3n) is 2.44. The van der Waals surface area contributed by atoms with E-state index >= 15 is 0 Å². The summed E-state index contributed by atoms with van der Waals surface area (Å²) in [7, 11) is 0. The number of aromatic nitrogens is 1. The molecule has 2 aromatic rings. The van der Waals surface area contributed by atoms with Gasteiger partial charge in [0.25, 0.3) is 0 Å². The molecule has 0 unspecified atom stereocenters. The second kappa shape index (κ2) is 4.98. The Morgan fingerprint density at radius 3 is 2.82 bits per heavy atom. The molecule has 0 saturated carbocycles. The molecule has 0 amide bonds. The summed E-state index contributed by atoms with van der Waals surface area (Å²) in [4.78, 5) is 0.313. The lowest BCUT2D eigenvalue weighted by molar-refractivity contribution is 0.598. The molecule has 2 rings (SSSR count). The lowest BCUT2D eigenvalue weighted by atomic mass is 10.2. The molecule has 0 aliphatic rings. The molecule has 1 heterocycles. The summed E-state index contributed by atoms with van der Waals surface area (Å²) in [5.74, 6) is -0.248. The fourth-order valence-corrected chi connectivity index (χ4v) is 2.13. The van der Waals surface area contributed by atoms with Gasteiger partial charge in [0, 0.05) is 16.2 Å². The van der Waals surface area contributed by atoms with Crippen LogP contribution in [-0.4, -0.2) is 9.56 Å². The Morgan fingerprint density at radius 1 is 1.41 bits per heavy atom. The van der Waals surface area contributed by atoms with Crippen LogP contribution in [0.3, 0.4) is 0 Å². The number of rotatable bonds is 3. The van der Waals surface area contributed by atoms with Crippen molar-refractivity contribution in [2.45, 2.75) is 6.54 Å². The number of thiocarbonyl (C=S) groups is 1. The van der Waals surface area contributed by atoms with Crippen LogP contribution >= 0.6 is 28.1 Å². The molecule has 2 N–H and O–H groups in total. The number of nitrogens with zero attached hydrogens (tertiary/aromatic N) is 1. The van der Waals surface area contributed by atoms with Crippen LogP contribution in [0.1, 0.15) is 11.3 Å². The van der Waals surface area contributed by atoms with E-state index in [4.69, 9.17) is 18.0 Å². The van der Waals surface area contributed by atoms with E-state index in [2.05, 4.69) is 15.9 Å². The minimum Gasteiger partial charge on any atom is -0.388 e. The predicted octanol–water partition coefficient (Wildman–Crippen LogP) is 3.07. The summed E-state index contributed by atoms with van der Waals surface area (Å²) >= 11 is 8.15. The number of nitrogens with two attached hydrogens (primary N) is 1. The van der Waals surface area contributed by atoms with E-state index in [-0.39, 0.29) is 5.82 Å². The van der Waals surface area contributed by atoms with Crippen molar-refractivity contribution in [3.8, 4) is 0 Å². The van der Waals surface area contributed by atoms with Crippen molar-refractivity contribution in [2.24, 2.45) is 5.73 Å². The first-order valence-corrected chi connectivity index (χ1v) is 6.17. The minimum absolute atomic E-state index is 0.248. The summed E-state index contributed by atoms with van der Waals surface area (Å²) in [5.41, 5.74) is 6.92. The van der Waals surface area contributed by atoms with E-state index in [0.29, 0.717) is 17.1 Å². The van der Waals surface area contributed by atoms with E-state index in [1.165, 1.54) is 6.07 Å². The SMILES string of the molecule is NC(=S)c1cccn1Cc1ccc(Br)cc1F. The van der Waals surface area contributed by atoms with Gasteiger partial charge >= 0.3 is 0 Å². The lowest BCUT2D eigenvalue weighted by Gasteiger charge is -2.09. The van der Waals surface area contributed by atoms with E-state index < -0.39 is 0 Å². The van der Waals surface area contributed by atoms with Crippen LogP contribution in [-0.2, 0) is 6.54 Å². The van der Waals surface area contributed by atoms with Gasteiger partial charge in [-0.1, -0.05) is 34.2 Å². The van der Waals surface area contributed by atoms with Gasteiger partial charge in [-0.2, -0.15) is 0 Å². The summed E-state index contributed by atoms with van der Waals surface area (Å²) in [5, 5.41) is 0. The van der Waals surface area contributed by atoms with Crippen LogP contribution in [0.15, 0.2) is 41.0 Å². The summed E-state index contributed by atoms with van der Waals surface area (Å²) in [6, 6.07) is 8.65. The zero-order chi connectivity index (χ0) is 12.4. The first-order chi connectivity index (χ1) is 8.08. The largest absolute Gasteiger partial charge is 0.388 e. The number of benzene rings is 1. The highest BCUT2D eigenvalue weighted by molar-refractivity contribution is 9.10. The fourth-order valence-electron chi connectivity index (χ4n) is 1.61. The van der Waals surface area contributed by atoms with Crippen molar-refractivity contribution in [3.63, 3.8) is 0 Å². The van der Waals surface area contributed by atoms with Crippen LogP contribution in [0.4, 0.5) is 4.39 Å². The normalized spacial score (nSPS) is 10.5. The van der Waals surface area contributed by atoms with Crippen molar-refractivity contribution >= 4 is 33.1 Å². The quantitative estimate of drug-likeness (QED) is 0.883. The Hall–Kier alpha value is -1.20. The third-order valence-corrected chi connectivity index (χ3v) is 3.14.